The molecule has 0 aliphatic heterocycles. The number of rotatable bonds is 2. The standard InChI is InChI=1S/C12H11N3O3/c1-7-6-14-12(18-7)11(17)15-10(16)8-2-4-9(13)5-3-8/h2-6H,13H2,1H3,(H,15,16,17). The average Bonchev–Trinajstić information content (AvgIpc) is 2.76. The summed E-state index contributed by atoms with van der Waals surface area (Å²) in [6, 6.07) is 6.21. The number of amides is 2. The van der Waals surface area contributed by atoms with Crippen LogP contribution in [0.25, 0.3) is 0 Å². The fraction of sp³-hybridized carbons (Fsp3) is 0.0833. The number of aromatic nitrogens is 1. The highest BCUT2D eigenvalue weighted by Gasteiger charge is 2.16. The zero-order valence-electron chi connectivity index (χ0n) is 9.64. The Morgan fingerprint density at radius 2 is 1.89 bits per heavy atom. The van der Waals surface area contributed by atoms with E-state index in [9.17, 15) is 9.59 Å². The van der Waals surface area contributed by atoms with E-state index in [0.717, 1.165) is 0 Å². The smallest absolute Gasteiger partial charge is 0.313 e. The molecular formula is C12H11N3O3. The highest BCUT2D eigenvalue weighted by atomic mass is 16.4. The number of anilines is 1. The van der Waals surface area contributed by atoms with Gasteiger partial charge in [-0.25, -0.2) is 4.98 Å². The van der Waals surface area contributed by atoms with Crippen molar-refractivity contribution in [1.29, 1.82) is 0 Å². The van der Waals surface area contributed by atoms with Crippen LogP contribution in [0.3, 0.4) is 0 Å². The molecule has 18 heavy (non-hydrogen) atoms. The van der Waals surface area contributed by atoms with E-state index in [4.69, 9.17) is 10.2 Å². The fourth-order valence-corrected chi connectivity index (χ4v) is 1.32. The second-order valence-corrected chi connectivity index (χ2v) is 3.68. The Hall–Kier alpha value is -2.63. The van der Waals surface area contributed by atoms with E-state index in [-0.39, 0.29) is 5.89 Å². The Kier molecular flexibility index (Phi) is 3.09. The number of hydrogen-bond acceptors (Lipinski definition) is 5. The molecule has 2 rings (SSSR count). The highest BCUT2D eigenvalue weighted by Crippen LogP contribution is 2.06. The molecule has 3 N–H and O–H groups in total. The molecule has 0 fully saturated rings. The summed E-state index contributed by atoms with van der Waals surface area (Å²) in [6.07, 6.45) is 1.41. The molecular weight excluding hydrogens is 234 g/mol. The van der Waals surface area contributed by atoms with Crippen molar-refractivity contribution in [2.45, 2.75) is 6.92 Å². The van der Waals surface area contributed by atoms with Crippen molar-refractivity contribution in [3.63, 3.8) is 0 Å². The van der Waals surface area contributed by atoms with Crippen molar-refractivity contribution >= 4 is 17.5 Å². The van der Waals surface area contributed by atoms with Gasteiger partial charge in [0.25, 0.3) is 11.8 Å². The van der Waals surface area contributed by atoms with Gasteiger partial charge in [-0.15, -0.1) is 0 Å². The van der Waals surface area contributed by atoms with Crippen molar-refractivity contribution in [2.75, 3.05) is 5.73 Å². The van der Waals surface area contributed by atoms with Gasteiger partial charge in [0.1, 0.15) is 5.76 Å². The zero-order valence-corrected chi connectivity index (χ0v) is 9.64. The van der Waals surface area contributed by atoms with E-state index in [1.54, 1.807) is 19.1 Å². The predicted octanol–water partition coefficient (Wildman–Crippen LogP) is 1.14. The SMILES string of the molecule is Cc1cnc(C(=O)NC(=O)c2ccc(N)cc2)o1. The van der Waals surface area contributed by atoms with Gasteiger partial charge in [-0.3, -0.25) is 14.9 Å². The van der Waals surface area contributed by atoms with Crippen LogP contribution in [0.4, 0.5) is 5.69 Å². The fourth-order valence-electron chi connectivity index (χ4n) is 1.32. The molecule has 0 aliphatic carbocycles. The van der Waals surface area contributed by atoms with E-state index in [0.29, 0.717) is 17.0 Å². The highest BCUT2D eigenvalue weighted by molar-refractivity contribution is 6.08. The van der Waals surface area contributed by atoms with Crippen molar-refractivity contribution in [3.05, 3.63) is 47.7 Å². The first-order chi connectivity index (χ1) is 8.56. The Morgan fingerprint density at radius 3 is 2.44 bits per heavy atom. The number of aryl methyl sites for hydroxylation is 1. The van der Waals surface area contributed by atoms with Crippen LogP contribution in [0, 0.1) is 6.92 Å². The lowest BCUT2D eigenvalue weighted by Crippen LogP contribution is -2.30. The van der Waals surface area contributed by atoms with Crippen LogP contribution in [-0.2, 0) is 0 Å². The molecule has 92 valence electrons. The molecule has 0 radical (unpaired) electrons. The van der Waals surface area contributed by atoms with E-state index in [1.165, 1.54) is 18.3 Å². The summed E-state index contributed by atoms with van der Waals surface area (Å²) < 4.78 is 5.01. The van der Waals surface area contributed by atoms with Gasteiger partial charge in [0.05, 0.1) is 6.20 Å². The third-order valence-corrected chi connectivity index (χ3v) is 2.22. The first kappa shape index (κ1) is 11.8. The number of nitrogens with one attached hydrogen (secondary N) is 1. The van der Waals surface area contributed by atoms with E-state index in [2.05, 4.69) is 10.3 Å². The van der Waals surface area contributed by atoms with Crippen LogP contribution in [0.2, 0.25) is 0 Å². The van der Waals surface area contributed by atoms with Gasteiger partial charge in [0, 0.05) is 11.3 Å². The van der Waals surface area contributed by atoms with Gasteiger partial charge in [0.15, 0.2) is 0 Å². The zero-order chi connectivity index (χ0) is 13.1. The summed E-state index contributed by atoms with van der Waals surface area (Å²) in [5, 5.41) is 2.17. The minimum atomic E-state index is -0.676. The van der Waals surface area contributed by atoms with Crippen molar-refractivity contribution in [2.24, 2.45) is 0 Å². The number of carbonyl (C=O) groups is 2. The molecule has 2 aromatic rings. The summed E-state index contributed by atoms with van der Waals surface area (Å²) in [5.41, 5.74) is 6.38. The van der Waals surface area contributed by atoms with Gasteiger partial charge in [-0.05, 0) is 31.2 Å². The molecule has 0 saturated heterocycles. The van der Waals surface area contributed by atoms with Gasteiger partial charge in [-0.1, -0.05) is 0 Å². The van der Waals surface area contributed by atoms with Crippen LogP contribution in [0.1, 0.15) is 26.8 Å². The molecule has 6 heteroatoms. The first-order valence-electron chi connectivity index (χ1n) is 5.20. The molecule has 1 aromatic heterocycles. The lowest BCUT2D eigenvalue weighted by atomic mass is 10.2. The lowest BCUT2D eigenvalue weighted by molar-refractivity contribution is 0.0827. The predicted molar refractivity (Wildman–Crippen MR) is 63.9 cm³/mol. The van der Waals surface area contributed by atoms with Crippen molar-refractivity contribution < 1.29 is 14.0 Å². The molecule has 0 saturated carbocycles. The second-order valence-electron chi connectivity index (χ2n) is 3.68. The maximum Gasteiger partial charge on any atom is 0.313 e. The summed E-state index contributed by atoms with van der Waals surface area (Å²) >= 11 is 0. The topological polar surface area (TPSA) is 98.2 Å². The Bertz CT molecular complexity index is 587. The normalized spacial score (nSPS) is 10.1. The third kappa shape index (κ3) is 2.54. The maximum absolute atomic E-state index is 11.7. The molecule has 0 aliphatic rings. The number of benzene rings is 1. The second kappa shape index (κ2) is 4.70. The Balaban J connectivity index is 2.08. The molecule has 6 nitrogen and oxygen atoms in total. The number of hydrogen-bond donors (Lipinski definition) is 2. The minimum absolute atomic E-state index is 0.142. The summed E-state index contributed by atoms with van der Waals surface area (Å²) in [5.74, 6) is -0.850. The Morgan fingerprint density at radius 1 is 1.22 bits per heavy atom. The number of nitrogens with two attached hydrogens (primary N) is 1. The van der Waals surface area contributed by atoms with E-state index in [1.807, 2.05) is 0 Å². The molecule has 1 heterocycles. The number of oxazole rings is 1. The van der Waals surface area contributed by atoms with Crippen molar-refractivity contribution in [1.82, 2.24) is 10.3 Å². The van der Waals surface area contributed by atoms with Gasteiger partial charge < -0.3 is 10.2 Å². The molecule has 0 spiro atoms. The summed E-state index contributed by atoms with van der Waals surface area (Å²) in [7, 11) is 0. The molecule has 0 bridgehead atoms. The van der Waals surface area contributed by atoms with E-state index < -0.39 is 11.8 Å². The van der Waals surface area contributed by atoms with Crippen LogP contribution < -0.4 is 11.1 Å². The lowest BCUT2D eigenvalue weighted by Gasteiger charge is -2.01. The van der Waals surface area contributed by atoms with Gasteiger partial charge >= 0.3 is 5.91 Å². The molecule has 0 atom stereocenters. The molecule has 0 unspecified atom stereocenters. The average molecular weight is 245 g/mol. The summed E-state index contributed by atoms with van der Waals surface area (Å²) in [4.78, 5) is 27.0. The molecule has 1 aromatic carbocycles. The van der Waals surface area contributed by atoms with E-state index >= 15 is 0 Å². The summed E-state index contributed by atoms with van der Waals surface area (Å²) in [6.45, 7) is 1.66. The minimum Gasteiger partial charge on any atom is -0.438 e. The Labute approximate surface area is 103 Å². The van der Waals surface area contributed by atoms with Crippen molar-refractivity contribution in [3.8, 4) is 0 Å². The first-order valence-corrected chi connectivity index (χ1v) is 5.20. The quantitative estimate of drug-likeness (QED) is 0.610. The van der Waals surface area contributed by atoms with Crippen LogP contribution in [0.15, 0.2) is 34.9 Å². The third-order valence-electron chi connectivity index (χ3n) is 2.22. The van der Waals surface area contributed by atoms with Crippen LogP contribution in [0.5, 0.6) is 0 Å². The largest absolute Gasteiger partial charge is 0.438 e. The monoisotopic (exact) mass is 245 g/mol. The number of imide groups is 1. The van der Waals surface area contributed by atoms with Gasteiger partial charge in [0.2, 0.25) is 0 Å². The number of nitrogen functional groups attached to an aromatic ring is 1. The van der Waals surface area contributed by atoms with Gasteiger partial charge in [-0.2, -0.15) is 0 Å². The van der Waals surface area contributed by atoms with Crippen LogP contribution in [-0.4, -0.2) is 16.8 Å². The number of nitrogens with zero attached hydrogens (tertiary/aromatic N) is 1. The number of carbonyl (C=O) groups excluding carboxylic acids is 2. The van der Waals surface area contributed by atoms with Crippen LogP contribution >= 0.6 is 0 Å². The molecule has 2 amide bonds. The maximum atomic E-state index is 11.7.